The van der Waals surface area contributed by atoms with Crippen molar-refractivity contribution in [2.75, 3.05) is 38.3 Å². The zero-order valence-electron chi connectivity index (χ0n) is 23.6. The largest absolute Gasteiger partial charge is 0.497 e. The summed E-state index contributed by atoms with van der Waals surface area (Å²) in [6.45, 7) is 12.5. The van der Waals surface area contributed by atoms with E-state index in [-0.39, 0.29) is 11.2 Å². The number of nitrogens with zero attached hydrogens (tertiary/aromatic N) is 3. The number of Topliss-reactive ketones (excluding diaryl/α,β-unsaturated/α-hetero) is 1. The van der Waals surface area contributed by atoms with Gasteiger partial charge in [0.15, 0.2) is 5.78 Å². The number of methoxy groups -OCH3 is 1. The molecule has 0 amide bonds. The van der Waals surface area contributed by atoms with Gasteiger partial charge in [-0.1, -0.05) is 26.0 Å². The molecular weight excluding hydrogens is 488 g/mol. The van der Waals surface area contributed by atoms with Crippen molar-refractivity contribution >= 4 is 11.5 Å². The summed E-state index contributed by atoms with van der Waals surface area (Å²) in [5.74, 6) is 0.701. The van der Waals surface area contributed by atoms with Crippen molar-refractivity contribution in [3.05, 3.63) is 81.3 Å². The van der Waals surface area contributed by atoms with Gasteiger partial charge in [0.1, 0.15) is 11.6 Å². The summed E-state index contributed by atoms with van der Waals surface area (Å²) >= 11 is 0. The van der Waals surface area contributed by atoms with Crippen LogP contribution >= 0.6 is 0 Å². The molecule has 0 aromatic heterocycles. The van der Waals surface area contributed by atoms with E-state index in [4.69, 9.17) is 15.2 Å². The van der Waals surface area contributed by atoms with E-state index >= 15 is 0 Å². The van der Waals surface area contributed by atoms with Crippen LogP contribution < -0.4 is 15.4 Å². The number of hydrogen-bond acceptors (Lipinski definition) is 7. The Morgan fingerprint density at radius 3 is 2.44 bits per heavy atom. The van der Waals surface area contributed by atoms with Crippen molar-refractivity contribution in [3.8, 4) is 11.8 Å². The van der Waals surface area contributed by atoms with E-state index < -0.39 is 5.92 Å². The number of allylic oxidation sites excluding steroid dienone is 3. The van der Waals surface area contributed by atoms with Crippen LogP contribution in [-0.2, 0) is 16.1 Å². The third-order valence-corrected chi connectivity index (χ3v) is 8.24. The second-order valence-electron chi connectivity index (χ2n) is 11.7. The Bertz CT molecular complexity index is 1390. The summed E-state index contributed by atoms with van der Waals surface area (Å²) in [7, 11) is 1.63. The van der Waals surface area contributed by atoms with Crippen molar-refractivity contribution in [2.24, 2.45) is 11.1 Å². The quantitative estimate of drug-likeness (QED) is 0.581. The van der Waals surface area contributed by atoms with Gasteiger partial charge in [-0.15, -0.1) is 0 Å². The summed E-state index contributed by atoms with van der Waals surface area (Å²) in [6.07, 6.45) is 1.12. The normalized spacial score (nSPS) is 21.6. The van der Waals surface area contributed by atoms with E-state index in [2.05, 4.69) is 50.8 Å². The van der Waals surface area contributed by atoms with Gasteiger partial charge in [0.05, 0.1) is 37.9 Å². The molecule has 2 aliphatic heterocycles. The maximum Gasteiger partial charge on any atom is 0.162 e. The Morgan fingerprint density at radius 1 is 1.10 bits per heavy atom. The molecule has 1 saturated heterocycles. The predicted molar refractivity (Wildman–Crippen MR) is 152 cm³/mol. The first-order valence-electron chi connectivity index (χ1n) is 13.6. The van der Waals surface area contributed by atoms with Crippen LogP contribution in [0.5, 0.6) is 5.75 Å². The van der Waals surface area contributed by atoms with Crippen LogP contribution in [0.15, 0.2) is 59.1 Å². The average Bonchev–Trinajstić information content (AvgIpc) is 2.90. The summed E-state index contributed by atoms with van der Waals surface area (Å²) < 4.78 is 10.9. The van der Waals surface area contributed by atoms with Crippen LogP contribution in [0.4, 0.5) is 5.69 Å². The molecule has 204 valence electrons. The van der Waals surface area contributed by atoms with E-state index in [1.165, 1.54) is 11.1 Å². The Morgan fingerprint density at radius 2 is 1.79 bits per heavy atom. The number of carbonyl (C=O) groups excluding carboxylic acids is 1. The minimum absolute atomic E-state index is 0.0831. The molecule has 2 aromatic rings. The molecule has 2 aromatic carbocycles. The van der Waals surface area contributed by atoms with Gasteiger partial charge in [-0.3, -0.25) is 14.6 Å². The smallest absolute Gasteiger partial charge is 0.162 e. The topological polar surface area (TPSA) is 91.8 Å². The van der Waals surface area contributed by atoms with Crippen LogP contribution in [0.1, 0.15) is 54.9 Å². The lowest BCUT2D eigenvalue weighted by atomic mass is 9.68. The predicted octanol–water partition coefficient (Wildman–Crippen LogP) is 5.09. The minimum atomic E-state index is -0.493. The number of anilines is 1. The maximum atomic E-state index is 14.0. The highest BCUT2D eigenvalue weighted by Crippen LogP contribution is 2.51. The highest BCUT2D eigenvalue weighted by atomic mass is 16.5. The number of ether oxygens (including phenoxy) is 2. The van der Waals surface area contributed by atoms with E-state index in [9.17, 15) is 10.1 Å². The second kappa shape index (κ2) is 10.5. The molecule has 39 heavy (non-hydrogen) atoms. The number of aryl methyl sites for hydroxylation is 2. The second-order valence-corrected chi connectivity index (χ2v) is 11.7. The van der Waals surface area contributed by atoms with Gasteiger partial charge in [-0.05, 0) is 72.2 Å². The fourth-order valence-electron chi connectivity index (χ4n) is 6.24. The SMILES string of the molecule is COc1ccc(N2C(N)=C(C#N)C(c3cc(CN4CCOCC4)c(C)cc3C)C3=C2CC(C)(C)CC3=O)cc1. The average molecular weight is 527 g/mol. The molecule has 1 atom stereocenters. The fraction of sp³-hybridized carbons (Fsp3) is 0.438. The highest BCUT2D eigenvalue weighted by molar-refractivity contribution is 6.01. The molecule has 2 N–H and O–H groups in total. The molecule has 1 unspecified atom stereocenters. The summed E-state index contributed by atoms with van der Waals surface area (Å²) in [6, 6.07) is 14.4. The number of morpholine rings is 1. The van der Waals surface area contributed by atoms with Gasteiger partial charge < -0.3 is 15.2 Å². The lowest BCUT2D eigenvalue weighted by molar-refractivity contribution is -0.118. The summed E-state index contributed by atoms with van der Waals surface area (Å²) in [5.41, 5.74) is 13.9. The van der Waals surface area contributed by atoms with Gasteiger partial charge in [0.25, 0.3) is 0 Å². The van der Waals surface area contributed by atoms with Crippen LogP contribution in [0.25, 0.3) is 0 Å². The van der Waals surface area contributed by atoms with Gasteiger partial charge in [-0.2, -0.15) is 5.26 Å². The third-order valence-electron chi connectivity index (χ3n) is 8.24. The van der Waals surface area contributed by atoms with Gasteiger partial charge in [-0.25, -0.2) is 0 Å². The number of nitriles is 1. The van der Waals surface area contributed by atoms with Gasteiger partial charge in [0.2, 0.25) is 0 Å². The Labute approximate surface area is 231 Å². The molecule has 7 nitrogen and oxygen atoms in total. The number of benzene rings is 2. The zero-order valence-corrected chi connectivity index (χ0v) is 23.6. The summed E-state index contributed by atoms with van der Waals surface area (Å²) in [4.78, 5) is 18.3. The van der Waals surface area contributed by atoms with Crippen LogP contribution in [-0.4, -0.2) is 44.1 Å². The number of rotatable bonds is 5. The van der Waals surface area contributed by atoms with Crippen molar-refractivity contribution in [1.29, 1.82) is 5.26 Å². The minimum Gasteiger partial charge on any atom is -0.497 e. The molecular formula is C32H38N4O3. The van der Waals surface area contributed by atoms with Crippen molar-refractivity contribution in [2.45, 2.75) is 53.0 Å². The fourth-order valence-corrected chi connectivity index (χ4v) is 6.24. The molecule has 0 radical (unpaired) electrons. The Kier molecular flexibility index (Phi) is 7.28. The Hall–Kier alpha value is -3.60. The van der Waals surface area contributed by atoms with Crippen molar-refractivity contribution in [1.82, 2.24) is 4.90 Å². The maximum absolute atomic E-state index is 14.0. The molecule has 1 fully saturated rings. The molecule has 0 spiro atoms. The lowest BCUT2D eigenvalue weighted by Crippen LogP contribution is -2.42. The highest BCUT2D eigenvalue weighted by Gasteiger charge is 2.45. The number of ketones is 1. The zero-order chi connectivity index (χ0) is 27.9. The standard InChI is InChI=1S/C32H38N4O3/c1-20-14-21(2)25(15-22(20)19-35-10-12-39-13-11-35)29-26(18-33)31(34)36(23-6-8-24(38-5)9-7-23)27-16-32(3,4)17-28(37)30(27)29/h6-9,14-15,29H,10-13,16-17,19,34H2,1-5H3. The molecule has 2 heterocycles. The van der Waals surface area contributed by atoms with Crippen molar-refractivity contribution < 1.29 is 14.3 Å². The summed E-state index contributed by atoms with van der Waals surface area (Å²) in [5, 5.41) is 10.5. The molecule has 1 aliphatic carbocycles. The molecule has 0 bridgehead atoms. The van der Waals surface area contributed by atoms with Gasteiger partial charge in [0, 0.05) is 43.0 Å². The molecule has 3 aliphatic rings. The first-order chi connectivity index (χ1) is 18.6. The number of carbonyl (C=O) groups is 1. The van der Waals surface area contributed by atoms with Crippen LogP contribution in [0.2, 0.25) is 0 Å². The lowest BCUT2D eigenvalue weighted by Gasteiger charge is -2.44. The van der Waals surface area contributed by atoms with E-state index in [0.717, 1.165) is 61.1 Å². The third kappa shape index (κ3) is 5.07. The number of nitrogens with two attached hydrogens (primary N) is 1. The van der Waals surface area contributed by atoms with E-state index in [1.807, 2.05) is 29.2 Å². The Balaban J connectivity index is 1.68. The van der Waals surface area contributed by atoms with Gasteiger partial charge >= 0.3 is 0 Å². The molecule has 0 saturated carbocycles. The first-order valence-corrected chi connectivity index (χ1v) is 13.6. The molecule has 5 rings (SSSR count). The number of hydrogen-bond donors (Lipinski definition) is 1. The van der Waals surface area contributed by atoms with Crippen LogP contribution in [0, 0.1) is 30.6 Å². The van der Waals surface area contributed by atoms with E-state index in [1.54, 1.807) is 7.11 Å². The van der Waals surface area contributed by atoms with E-state index in [0.29, 0.717) is 29.8 Å². The first kappa shape index (κ1) is 27.0. The monoisotopic (exact) mass is 526 g/mol. The molecule has 7 heteroatoms. The van der Waals surface area contributed by atoms with Crippen molar-refractivity contribution in [3.63, 3.8) is 0 Å². The van der Waals surface area contributed by atoms with Crippen LogP contribution in [0.3, 0.4) is 0 Å².